The van der Waals surface area contributed by atoms with Crippen molar-refractivity contribution in [2.45, 2.75) is 19.1 Å². The second kappa shape index (κ2) is 8.81. The molecule has 3 aromatic rings. The van der Waals surface area contributed by atoms with Gasteiger partial charge in [0.15, 0.2) is 12.9 Å². The zero-order chi connectivity index (χ0) is 20.0. The van der Waals surface area contributed by atoms with Gasteiger partial charge in [0.25, 0.3) is 5.91 Å². The highest BCUT2D eigenvalue weighted by atomic mass is 31.2. The Hall–Kier alpha value is -2.97. The first-order valence-electron chi connectivity index (χ1n) is 9.17. The van der Waals surface area contributed by atoms with Crippen LogP contribution < -0.4 is 15.9 Å². The molecular formula is C23H22NO3P. The van der Waals surface area contributed by atoms with Crippen molar-refractivity contribution in [3.05, 3.63) is 96.6 Å². The van der Waals surface area contributed by atoms with Crippen LogP contribution in [0.25, 0.3) is 0 Å². The minimum atomic E-state index is -3.46. The van der Waals surface area contributed by atoms with Crippen molar-refractivity contribution in [1.29, 1.82) is 0 Å². The molecule has 142 valence electrons. The summed E-state index contributed by atoms with van der Waals surface area (Å²) < 4.78 is 14.4. The van der Waals surface area contributed by atoms with E-state index >= 15 is 0 Å². The lowest BCUT2D eigenvalue weighted by Crippen LogP contribution is -2.45. The van der Waals surface area contributed by atoms with E-state index in [1.165, 1.54) is 0 Å². The van der Waals surface area contributed by atoms with E-state index < -0.39 is 18.8 Å². The highest BCUT2D eigenvalue weighted by Crippen LogP contribution is 2.48. The number of hydrogen-bond donors (Lipinski definition) is 1. The average molecular weight is 391 g/mol. The molecule has 5 heteroatoms. The summed E-state index contributed by atoms with van der Waals surface area (Å²) in [5.41, 5.74) is 0.420. The van der Waals surface area contributed by atoms with Gasteiger partial charge in [-0.15, -0.1) is 0 Å². The maximum atomic E-state index is 14.4. The second-order valence-corrected chi connectivity index (χ2v) is 9.26. The Balaban J connectivity index is 2.12. The van der Waals surface area contributed by atoms with Crippen molar-refractivity contribution in [2.75, 3.05) is 0 Å². The minimum Gasteiger partial charge on any atom is -0.335 e. The Labute approximate surface area is 165 Å². The molecule has 0 aromatic heterocycles. The maximum absolute atomic E-state index is 14.4. The molecule has 3 rings (SSSR count). The number of amides is 1. The van der Waals surface area contributed by atoms with Crippen LogP contribution in [-0.4, -0.2) is 17.5 Å². The van der Waals surface area contributed by atoms with Crippen LogP contribution in [0, 0.1) is 0 Å². The minimum absolute atomic E-state index is 0.170. The zero-order valence-electron chi connectivity index (χ0n) is 15.6. The van der Waals surface area contributed by atoms with Gasteiger partial charge in [-0.3, -0.25) is 9.59 Å². The van der Waals surface area contributed by atoms with Crippen molar-refractivity contribution in [3.8, 4) is 0 Å². The summed E-state index contributed by atoms with van der Waals surface area (Å²) in [5.74, 6) is -1.81. The van der Waals surface area contributed by atoms with Crippen LogP contribution in [0.4, 0.5) is 0 Å². The SMILES string of the molecule is CCC(=O)C(NC(=O)c1ccccc1)P(=O)(c1ccccc1)c1ccccc1. The normalized spacial score (nSPS) is 12.2. The lowest BCUT2D eigenvalue weighted by molar-refractivity contribution is -0.118. The van der Waals surface area contributed by atoms with E-state index in [0.717, 1.165) is 0 Å². The van der Waals surface area contributed by atoms with Gasteiger partial charge >= 0.3 is 0 Å². The number of carbonyl (C=O) groups is 2. The topological polar surface area (TPSA) is 63.2 Å². The molecule has 0 aliphatic carbocycles. The van der Waals surface area contributed by atoms with Gasteiger partial charge in [-0.1, -0.05) is 85.8 Å². The molecule has 1 amide bonds. The first-order chi connectivity index (χ1) is 13.6. The summed E-state index contributed by atoms with van der Waals surface area (Å²) >= 11 is 0. The molecule has 0 saturated heterocycles. The molecule has 1 atom stereocenters. The number of carbonyl (C=O) groups excluding carboxylic acids is 2. The molecule has 28 heavy (non-hydrogen) atoms. The van der Waals surface area contributed by atoms with E-state index in [9.17, 15) is 14.2 Å². The fourth-order valence-electron chi connectivity index (χ4n) is 3.11. The average Bonchev–Trinajstić information content (AvgIpc) is 2.78. The predicted molar refractivity (Wildman–Crippen MR) is 113 cm³/mol. The Kier molecular flexibility index (Phi) is 6.23. The van der Waals surface area contributed by atoms with Gasteiger partial charge in [0.05, 0.1) is 0 Å². The molecule has 0 bridgehead atoms. The third-order valence-corrected chi connectivity index (χ3v) is 7.88. The lowest BCUT2D eigenvalue weighted by atomic mass is 10.2. The maximum Gasteiger partial charge on any atom is 0.252 e. The summed E-state index contributed by atoms with van der Waals surface area (Å²) in [7, 11) is -3.46. The highest BCUT2D eigenvalue weighted by Gasteiger charge is 2.41. The number of Topliss-reactive ketones (excluding diaryl/α,β-unsaturated/α-hetero) is 1. The molecule has 0 spiro atoms. The number of benzene rings is 3. The van der Waals surface area contributed by atoms with Gasteiger partial charge in [0, 0.05) is 22.6 Å². The molecule has 0 aliphatic heterocycles. The third-order valence-electron chi connectivity index (χ3n) is 4.60. The Morgan fingerprint density at radius 3 is 1.64 bits per heavy atom. The van der Waals surface area contributed by atoms with Gasteiger partial charge in [-0.05, 0) is 12.1 Å². The number of ketones is 1. The van der Waals surface area contributed by atoms with Crippen molar-refractivity contribution >= 4 is 29.4 Å². The van der Waals surface area contributed by atoms with Crippen molar-refractivity contribution in [2.24, 2.45) is 0 Å². The van der Waals surface area contributed by atoms with Gasteiger partial charge in [0.2, 0.25) is 0 Å². The Morgan fingerprint density at radius 1 is 0.786 bits per heavy atom. The van der Waals surface area contributed by atoms with E-state index in [0.29, 0.717) is 16.2 Å². The van der Waals surface area contributed by atoms with Gasteiger partial charge in [0.1, 0.15) is 5.78 Å². The molecule has 0 fully saturated rings. The lowest BCUT2D eigenvalue weighted by Gasteiger charge is -2.28. The van der Waals surface area contributed by atoms with Crippen LogP contribution in [0.15, 0.2) is 91.0 Å². The molecule has 4 nitrogen and oxygen atoms in total. The van der Waals surface area contributed by atoms with Crippen molar-refractivity contribution < 1.29 is 14.2 Å². The quantitative estimate of drug-likeness (QED) is 0.624. The number of hydrogen-bond acceptors (Lipinski definition) is 3. The predicted octanol–water partition coefficient (Wildman–Crippen LogP) is 3.74. The van der Waals surface area contributed by atoms with E-state index in [1.54, 1.807) is 79.7 Å². The Bertz CT molecular complexity index is 945. The summed E-state index contributed by atoms with van der Waals surface area (Å²) in [4.78, 5) is 25.7. The van der Waals surface area contributed by atoms with Crippen LogP contribution in [0.3, 0.4) is 0 Å². The van der Waals surface area contributed by atoms with E-state index in [4.69, 9.17) is 0 Å². The second-order valence-electron chi connectivity index (χ2n) is 6.39. The van der Waals surface area contributed by atoms with E-state index in [1.807, 2.05) is 18.2 Å². The van der Waals surface area contributed by atoms with Gasteiger partial charge < -0.3 is 9.88 Å². The molecule has 0 saturated carbocycles. The number of nitrogens with one attached hydrogen (secondary N) is 1. The first kappa shape index (κ1) is 19.8. The third kappa shape index (κ3) is 3.97. The highest BCUT2D eigenvalue weighted by molar-refractivity contribution is 7.80. The van der Waals surface area contributed by atoms with Crippen LogP contribution in [-0.2, 0) is 9.36 Å². The molecule has 0 radical (unpaired) electrons. The van der Waals surface area contributed by atoms with E-state index in [2.05, 4.69) is 5.32 Å². The van der Waals surface area contributed by atoms with Crippen LogP contribution in [0.1, 0.15) is 23.7 Å². The number of rotatable bonds is 7. The molecule has 1 N–H and O–H groups in total. The fourth-order valence-corrected chi connectivity index (χ4v) is 6.12. The van der Waals surface area contributed by atoms with Crippen molar-refractivity contribution in [3.63, 3.8) is 0 Å². The first-order valence-corrected chi connectivity index (χ1v) is 10.9. The molecule has 1 unspecified atom stereocenters. The molecule has 0 heterocycles. The van der Waals surface area contributed by atoms with Crippen LogP contribution in [0.5, 0.6) is 0 Å². The smallest absolute Gasteiger partial charge is 0.252 e. The standard InChI is InChI=1S/C23H22NO3P/c1-2-21(25)23(24-22(26)18-12-6-3-7-13-18)28(27,19-14-8-4-9-15-19)20-16-10-5-11-17-20/h3-17,23H,2H2,1H3,(H,24,26). The van der Waals surface area contributed by atoms with Gasteiger partial charge in [-0.25, -0.2) is 0 Å². The summed E-state index contributed by atoms with van der Waals surface area (Å²) in [6, 6.07) is 26.5. The molecule has 3 aromatic carbocycles. The Morgan fingerprint density at radius 2 is 1.21 bits per heavy atom. The molecular weight excluding hydrogens is 369 g/mol. The van der Waals surface area contributed by atoms with Crippen LogP contribution >= 0.6 is 7.14 Å². The summed E-state index contributed by atoms with van der Waals surface area (Å²) in [5, 5.41) is 3.86. The van der Waals surface area contributed by atoms with E-state index in [-0.39, 0.29) is 12.2 Å². The summed E-state index contributed by atoms with van der Waals surface area (Å²) in [6.07, 6.45) is 0.170. The summed E-state index contributed by atoms with van der Waals surface area (Å²) in [6.45, 7) is 1.71. The fraction of sp³-hybridized carbons (Fsp3) is 0.130. The zero-order valence-corrected chi connectivity index (χ0v) is 16.5. The van der Waals surface area contributed by atoms with Crippen LogP contribution in [0.2, 0.25) is 0 Å². The van der Waals surface area contributed by atoms with Crippen molar-refractivity contribution in [1.82, 2.24) is 5.32 Å². The van der Waals surface area contributed by atoms with Gasteiger partial charge in [-0.2, -0.15) is 0 Å². The molecule has 0 aliphatic rings. The largest absolute Gasteiger partial charge is 0.335 e. The monoisotopic (exact) mass is 391 g/mol.